The number of hydrogen-bond donors (Lipinski definition) is 0. The molecule has 1 heteroatoms. The fourth-order valence-corrected chi connectivity index (χ4v) is 3.54. The summed E-state index contributed by atoms with van der Waals surface area (Å²) in [6.07, 6.45) is 5.56. The molecule has 0 aliphatic heterocycles. The van der Waals surface area contributed by atoms with Gasteiger partial charge in [-0.2, -0.15) is 0 Å². The number of fused-ring (bicyclic) bond motifs is 2. The first kappa shape index (κ1) is 14.2. The first-order valence-electron chi connectivity index (χ1n) is 8.12. The maximum Gasteiger partial charge on any atom is 0.0743 e. The Balaban J connectivity index is 2.00. The molecule has 1 aliphatic rings. The number of benzene rings is 2. The molecular weight excluding hydrogens is 278 g/mol. The van der Waals surface area contributed by atoms with Crippen LogP contribution in [-0.4, -0.2) is 4.98 Å². The fraction of sp³-hybridized carbons (Fsp3) is 0.227. The molecule has 1 unspecified atom stereocenters. The summed E-state index contributed by atoms with van der Waals surface area (Å²) in [6, 6.07) is 19.2. The minimum Gasteiger partial charge on any atom is -0.256 e. The number of rotatable bonds is 1. The van der Waals surface area contributed by atoms with Gasteiger partial charge in [-0.3, -0.25) is 4.98 Å². The number of allylic oxidation sites excluding steroid dienone is 1. The van der Waals surface area contributed by atoms with E-state index in [1.165, 1.54) is 27.6 Å². The smallest absolute Gasteiger partial charge is 0.0743 e. The van der Waals surface area contributed by atoms with Gasteiger partial charge in [-0.1, -0.05) is 69.3 Å². The van der Waals surface area contributed by atoms with Crippen molar-refractivity contribution in [2.24, 2.45) is 5.41 Å². The first-order valence-corrected chi connectivity index (χ1v) is 8.12. The van der Waals surface area contributed by atoms with E-state index in [-0.39, 0.29) is 11.3 Å². The monoisotopic (exact) mass is 298 g/mol. The Bertz CT molecular complexity index is 907. The standard InChI is InChI=1S/C22H20N/c1-22(2,3)19-14-16-8-4-5-11-17(16)20(19)18-12-6-9-15-10-7-13-23-21(15)18/h4-13,20H,1-3H3. The van der Waals surface area contributed by atoms with E-state index in [2.05, 4.69) is 80.4 Å². The van der Waals surface area contributed by atoms with E-state index in [1.54, 1.807) is 0 Å². The van der Waals surface area contributed by atoms with Crippen molar-refractivity contribution in [2.45, 2.75) is 26.7 Å². The summed E-state index contributed by atoms with van der Waals surface area (Å²) in [6.45, 7) is 6.81. The highest BCUT2D eigenvalue weighted by atomic mass is 14.7. The van der Waals surface area contributed by atoms with Crippen LogP contribution >= 0.6 is 0 Å². The molecule has 2 aromatic carbocycles. The highest BCUT2D eigenvalue weighted by Gasteiger charge is 2.34. The summed E-state index contributed by atoms with van der Waals surface area (Å²) in [4.78, 5) is 4.67. The van der Waals surface area contributed by atoms with Crippen molar-refractivity contribution in [1.29, 1.82) is 0 Å². The van der Waals surface area contributed by atoms with Gasteiger partial charge in [-0.15, -0.1) is 0 Å². The third-order valence-electron chi connectivity index (χ3n) is 4.61. The maximum absolute atomic E-state index is 4.67. The number of para-hydroxylation sites is 1. The largest absolute Gasteiger partial charge is 0.256 e. The molecule has 1 heterocycles. The molecule has 1 aliphatic carbocycles. The van der Waals surface area contributed by atoms with Crippen LogP contribution in [0.5, 0.6) is 0 Å². The minimum absolute atomic E-state index is 0.0701. The number of nitrogens with zero attached hydrogens (tertiary/aromatic N) is 1. The lowest BCUT2D eigenvalue weighted by molar-refractivity contribution is 0.480. The highest BCUT2D eigenvalue weighted by molar-refractivity contribution is 5.83. The van der Waals surface area contributed by atoms with Crippen LogP contribution in [0.15, 0.2) is 66.4 Å². The van der Waals surface area contributed by atoms with Gasteiger partial charge < -0.3 is 0 Å². The van der Waals surface area contributed by atoms with Gasteiger partial charge in [0, 0.05) is 17.5 Å². The zero-order valence-electron chi connectivity index (χ0n) is 13.8. The molecular formula is C22H20N. The molecule has 1 atom stereocenters. The van der Waals surface area contributed by atoms with Crippen LogP contribution in [0, 0.1) is 11.5 Å². The summed E-state index contributed by atoms with van der Waals surface area (Å²) in [5, 5.41) is 1.20. The van der Waals surface area contributed by atoms with Crippen LogP contribution in [0.4, 0.5) is 0 Å². The highest BCUT2D eigenvalue weighted by Crippen LogP contribution is 2.48. The Morgan fingerprint density at radius 3 is 2.43 bits per heavy atom. The normalized spacial score (nSPS) is 17.2. The second-order valence-corrected chi connectivity index (χ2v) is 7.23. The summed E-state index contributed by atoms with van der Waals surface area (Å²) < 4.78 is 0. The average Bonchev–Trinajstić information content (AvgIpc) is 2.94. The zero-order valence-corrected chi connectivity index (χ0v) is 13.8. The van der Waals surface area contributed by atoms with Crippen LogP contribution in [0.25, 0.3) is 10.9 Å². The molecule has 3 aromatic rings. The van der Waals surface area contributed by atoms with Crippen molar-refractivity contribution >= 4 is 10.9 Å². The predicted octanol–water partition coefficient (Wildman–Crippen LogP) is 5.50. The molecule has 0 N–H and O–H groups in total. The molecule has 0 amide bonds. The molecule has 1 radical (unpaired) electrons. The molecule has 113 valence electrons. The van der Waals surface area contributed by atoms with E-state index >= 15 is 0 Å². The summed E-state index contributed by atoms with van der Waals surface area (Å²) in [5.41, 5.74) is 6.36. The lowest BCUT2D eigenvalue weighted by atomic mass is 9.76. The predicted molar refractivity (Wildman–Crippen MR) is 95.3 cm³/mol. The van der Waals surface area contributed by atoms with Crippen molar-refractivity contribution in [3.63, 3.8) is 0 Å². The number of aromatic nitrogens is 1. The lowest BCUT2D eigenvalue weighted by Crippen LogP contribution is -2.15. The third kappa shape index (κ3) is 2.28. The van der Waals surface area contributed by atoms with Gasteiger partial charge in [0.1, 0.15) is 0 Å². The Labute approximate surface area is 137 Å². The second kappa shape index (κ2) is 5.06. The Morgan fingerprint density at radius 1 is 0.870 bits per heavy atom. The SMILES string of the molecule is CC(C)(C)C1=[C]c2ccccc2C1c1cccc2cccnc12. The van der Waals surface area contributed by atoms with Crippen molar-refractivity contribution in [3.05, 3.63) is 89.1 Å². The van der Waals surface area contributed by atoms with E-state index in [4.69, 9.17) is 0 Å². The van der Waals surface area contributed by atoms with Gasteiger partial charge in [-0.05, 0) is 39.8 Å². The van der Waals surface area contributed by atoms with Gasteiger partial charge in [-0.25, -0.2) is 0 Å². The molecule has 0 spiro atoms. The van der Waals surface area contributed by atoms with Gasteiger partial charge in [0.15, 0.2) is 0 Å². The molecule has 23 heavy (non-hydrogen) atoms. The van der Waals surface area contributed by atoms with Gasteiger partial charge in [0.05, 0.1) is 5.52 Å². The fourth-order valence-electron chi connectivity index (χ4n) is 3.54. The molecule has 0 bridgehead atoms. The van der Waals surface area contributed by atoms with E-state index in [9.17, 15) is 0 Å². The second-order valence-electron chi connectivity index (χ2n) is 7.23. The van der Waals surface area contributed by atoms with Crippen LogP contribution < -0.4 is 0 Å². The van der Waals surface area contributed by atoms with E-state index in [0.29, 0.717) is 0 Å². The molecule has 4 rings (SSSR count). The Hall–Kier alpha value is -2.41. The summed E-state index contributed by atoms with van der Waals surface area (Å²) >= 11 is 0. The third-order valence-corrected chi connectivity index (χ3v) is 4.61. The van der Waals surface area contributed by atoms with Crippen LogP contribution in [0.1, 0.15) is 43.4 Å². The Morgan fingerprint density at radius 2 is 1.61 bits per heavy atom. The van der Waals surface area contributed by atoms with Crippen molar-refractivity contribution in [3.8, 4) is 0 Å². The van der Waals surface area contributed by atoms with Gasteiger partial charge in [0.25, 0.3) is 0 Å². The van der Waals surface area contributed by atoms with E-state index < -0.39 is 0 Å². The molecule has 0 fully saturated rings. The molecule has 0 saturated carbocycles. The van der Waals surface area contributed by atoms with Crippen LogP contribution in [0.3, 0.4) is 0 Å². The maximum atomic E-state index is 4.67. The summed E-state index contributed by atoms with van der Waals surface area (Å²) in [7, 11) is 0. The van der Waals surface area contributed by atoms with Crippen molar-refractivity contribution < 1.29 is 0 Å². The van der Waals surface area contributed by atoms with E-state index in [0.717, 1.165) is 5.52 Å². The first-order chi connectivity index (χ1) is 11.1. The topological polar surface area (TPSA) is 12.9 Å². The quantitative estimate of drug-likeness (QED) is 0.577. The summed E-state index contributed by atoms with van der Waals surface area (Å²) in [5.74, 6) is 0.241. The number of pyridine rings is 1. The molecule has 0 saturated heterocycles. The number of hydrogen-bond acceptors (Lipinski definition) is 1. The lowest BCUT2D eigenvalue weighted by Gasteiger charge is -2.28. The minimum atomic E-state index is 0.0701. The van der Waals surface area contributed by atoms with E-state index in [1.807, 2.05) is 12.3 Å². The van der Waals surface area contributed by atoms with Crippen LogP contribution in [0.2, 0.25) is 0 Å². The van der Waals surface area contributed by atoms with Crippen molar-refractivity contribution in [1.82, 2.24) is 4.98 Å². The van der Waals surface area contributed by atoms with Crippen LogP contribution in [-0.2, 0) is 0 Å². The molecule has 1 nitrogen and oxygen atoms in total. The van der Waals surface area contributed by atoms with Gasteiger partial charge in [0.2, 0.25) is 0 Å². The average molecular weight is 298 g/mol. The van der Waals surface area contributed by atoms with Crippen molar-refractivity contribution in [2.75, 3.05) is 0 Å². The Kier molecular flexibility index (Phi) is 3.12. The zero-order chi connectivity index (χ0) is 16.0. The molecule has 1 aromatic heterocycles. The van der Waals surface area contributed by atoms with Gasteiger partial charge >= 0.3 is 0 Å².